The summed E-state index contributed by atoms with van der Waals surface area (Å²) in [6, 6.07) is 5.06. The predicted octanol–water partition coefficient (Wildman–Crippen LogP) is 1.37. The molecule has 18 heavy (non-hydrogen) atoms. The molecule has 94 valence electrons. The Kier molecular flexibility index (Phi) is 3.42. The van der Waals surface area contributed by atoms with Crippen molar-refractivity contribution in [2.75, 3.05) is 25.9 Å². The lowest BCUT2D eigenvalue weighted by Gasteiger charge is -2.16. The highest BCUT2D eigenvalue weighted by atomic mass is 16.5. The minimum atomic E-state index is -0.0222. The van der Waals surface area contributed by atoms with Crippen LogP contribution in [0.5, 0.6) is 5.75 Å². The monoisotopic (exact) mass is 244 g/mol. The van der Waals surface area contributed by atoms with E-state index in [1.165, 1.54) is 7.11 Å². The van der Waals surface area contributed by atoms with Gasteiger partial charge in [0, 0.05) is 24.6 Å². The summed E-state index contributed by atoms with van der Waals surface area (Å²) in [6.45, 7) is 1.34. The second-order valence-corrected chi connectivity index (χ2v) is 4.36. The molecule has 1 aliphatic rings. The molecule has 4 heteroatoms. The maximum absolute atomic E-state index is 12.2. The molecule has 0 unspecified atom stereocenters. The Bertz CT molecular complexity index is 505. The molecule has 1 fully saturated rings. The number of nitrogens with zero attached hydrogens (tertiary/aromatic N) is 1. The van der Waals surface area contributed by atoms with E-state index in [4.69, 9.17) is 16.9 Å². The first-order chi connectivity index (χ1) is 8.65. The van der Waals surface area contributed by atoms with Crippen molar-refractivity contribution in [2.45, 2.75) is 6.42 Å². The second kappa shape index (κ2) is 5.01. The van der Waals surface area contributed by atoms with E-state index in [1.807, 2.05) is 0 Å². The number of carbonyl (C=O) groups is 1. The fourth-order valence-electron chi connectivity index (χ4n) is 2.11. The Morgan fingerprint density at radius 2 is 2.39 bits per heavy atom. The smallest absolute Gasteiger partial charge is 0.254 e. The van der Waals surface area contributed by atoms with Gasteiger partial charge in [-0.1, -0.05) is 0 Å². The van der Waals surface area contributed by atoms with Gasteiger partial charge in [-0.2, -0.15) is 0 Å². The van der Waals surface area contributed by atoms with Crippen molar-refractivity contribution in [1.82, 2.24) is 4.90 Å². The van der Waals surface area contributed by atoms with Crippen molar-refractivity contribution >= 4 is 11.6 Å². The molecule has 1 saturated heterocycles. The van der Waals surface area contributed by atoms with Gasteiger partial charge in [0.05, 0.1) is 12.8 Å². The van der Waals surface area contributed by atoms with E-state index in [1.54, 1.807) is 23.1 Å². The third kappa shape index (κ3) is 2.25. The van der Waals surface area contributed by atoms with Crippen LogP contribution in [0.1, 0.15) is 16.8 Å². The Balaban J connectivity index is 2.17. The van der Waals surface area contributed by atoms with Crippen molar-refractivity contribution in [2.24, 2.45) is 5.92 Å². The molecule has 0 bridgehead atoms. The van der Waals surface area contributed by atoms with Gasteiger partial charge in [-0.3, -0.25) is 4.79 Å². The maximum Gasteiger partial charge on any atom is 0.254 e. The number of terminal acetylenes is 1. The van der Waals surface area contributed by atoms with Crippen LogP contribution in [0, 0.1) is 18.3 Å². The summed E-state index contributed by atoms with van der Waals surface area (Å²) in [5.74, 6) is 3.36. The van der Waals surface area contributed by atoms with Crippen LogP contribution in [0.4, 0.5) is 5.69 Å². The van der Waals surface area contributed by atoms with Gasteiger partial charge in [-0.25, -0.2) is 0 Å². The summed E-state index contributed by atoms with van der Waals surface area (Å²) in [6.07, 6.45) is 6.25. The first-order valence-corrected chi connectivity index (χ1v) is 5.84. The van der Waals surface area contributed by atoms with Crippen LogP contribution in [-0.2, 0) is 0 Å². The number of carbonyl (C=O) groups excluding carboxylic acids is 1. The van der Waals surface area contributed by atoms with Gasteiger partial charge in [0.15, 0.2) is 0 Å². The molecule has 1 aromatic rings. The lowest BCUT2D eigenvalue weighted by molar-refractivity contribution is 0.0789. The second-order valence-electron chi connectivity index (χ2n) is 4.36. The molecule has 2 rings (SSSR count). The largest absolute Gasteiger partial charge is 0.495 e. The zero-order chi connectivity index (χ0) is 13.1. The van der Waals surface area contributed by atoms with Gasteiger partial charge in [0.2, 0.25) is 0 Å². The highest BCUT2D eigenvalue weighted by Gasteiger charge is 2.25. The number of hydrogen-bond acceptors (Lipinski definition) is 3. The molecule has 1 aliphatic heterocycles. The lowest BCUT2D eigenvalue weighted by atomic mass is 10.1. The molecule has 1 amide bonds. The number of benzene rings is 1. The molecule has 0 radical (unpaired) electrons. The molecule has 0 saturated carbocycles. The number of nitrogen functional groups attached to an aromatic ring is 1. The van der Waals surface area contributed by atoms with E-state index in [0.29, 0.717) is 30.1 Å². The fraction of sp³-hybridized carbons (Fsp3) is 0.357. The van der Waals surface area contributed by atoms with Crippen molar-refractivity contribution in [1.29, 1.82) is 0 Å². The van der Waals surface area contributed by atoms with Crippen LogP contribution in [0.3, 0.4) is 0 Å². The highest BCUT2D eigenvalue weighted by molar-refractivity contribution is 5.95. The molecule has 0 spiro atoms. The number of ether oxygens (including phenoxy) is 1. The van der Waals surface area contributed by atoms with Gasteiger partial charge in [0.1, 0.15) is 5.75 Å². The van der Waals surface area contributed by atoms with Crippen LogP contribution in [0.15, 0.2) is 18.2 Å². The SMILES string of the molecule is C#C[C@H]1CCN(C(=O)c2ccc(N)c(OC)c2)C1. The number of anilines is 1. The highest BCUT2D eigenvalue weighted by Crippen LogP contribution is 2.24. The van der Waals surface area contributed by atoms with Crippen LogP contribution >= 0.6 is 0 Å². The predicted molar refractivity (Wildman–Crippen MR) is 70.2 cm³/mol. The fourth-order valence-corrected chi connectivity index (χ4v) is 2.11. The zero-order valence-electron chi connectivity index (χ0n) is 10.3. The summed E-state index contributed by atoms with van der Waals surface area (Å²) in [5.41, 5.74) is 6.83. The minimum Gasteiger partial charge on any atom is -0.495 e. The number of nitrogens with two attached hydrogens (primary N) is 1. The molecular weight excluding hydrogens is 228 g/mol. The number of hydrogen-bond donors (Lipinski definition) is 1. The minimum absolute atomic E-state index is 0.0222. The normalized spacial score (nSPS) is 18.4. The third-order valence-corrected chi connectivity index (χ3v) is 3.19. The van der Waals surface area contributed by atoms with Crippen molar-refractivity contribution in [3.05, 3.63) is 23.8 Å². The summed E-state index contributed by atoms with van der Waals surface area (Å²) in [4.78, 5) is 14.0. The van der Waals surface area contributed by atoms with E-state index in [2.05, 4.69) is 5.92 Å². The average Bonchev–Trinajstić information content (AvgIpc) is 2.87. The van der Waals surface area contributed by atoms with Crippen molar-refractivity contribution in [3.63, 3.8) is 0 Å². The molecule has 0 aliphatic carbocycles. The van der Waals surface area contributed by atoms with Gasteiger partial charge < -0.3 is 15.4 Å². The Labute approximate surface area is 107 Å². The van der Waals surface area contributed by atoms with E-state index in [-0.39, 0.29) is 11.8 Å². The number of rotatable bonds is 2. The van der Waals surface area contributed by atoms with Crippen LogP contribution < -0.4 is 10.5 Å². The van der Waals surface area contributed by atoms with E-state index >= 15 is 0 Å². The van der Waals surface area contributed by atoms with Crippen molar-refractivity contribution in [3.8, 4) is 18.1 Å². The zero-order valence-corrected chi connectivity index (χ0v) is 10.3. The first kappa shape index (κ1) is 12.3. The van der Waals surface area contributed by atoms with Gasteiger partial charge in [-0.05, 0) is 24.6 Å². The van der Waals surface area contributed by atoms with Gasteiger partial charge in [0.25, 0.3) is 5.91 Å². The summed E-state index contributed by atoms with van der Waals surface area (Å²) < 4.78 is 5.11. The number of methoxy groups -OCH3 is 1. The first-order valence-electron chi connectivity index (χ1n) is 5.84. The topological polar surface area (TPSA) is 55.6 Å². The molecular formula is C14H16N2O2. The Morgan fingerprint density at radius 3 is 3.00 bits per heavy atom. The third-order valence-electron chi connectivity index (χ3n) is 3.19. The summed E-state index contributed by atoms with van der Waals surface area (Å²) in [7, 11) is 1.53. The standard InChI is InChI=1S/C14H16N2O2/c1-3-10-6-7-16(9-10)14(17)11-4-5-12(15)13(8-11)18-2/h1,4-5,8,10H,6-7,9,15H2,2H3/t10-/m0/s1. The van der Waals surface area contributed by atoms with E-state index in [0.717, 1.165) is 6.42 Å². The summed E-state index contributed by atoms with van der Waals surface area (Å²) in [5, 5.41) is 0. The van der Waals surface area contributed by atoms with E-state index in [9.17, 15) is 4.79 Å². The molecule has 0 aromatic heterocycles. The van der Waals surface area contributed by atoms with Crippen LogP contribution in [-0.4, -0.2) is 31.0 Å². The average molecular weight is 244 g/mol. The number of amides is 1. The molecule has 2 N–H and O–H groups in total. The van der Waals surface area contributed by atoms with Crippen LogP contribution in [0.25, 0.3) is 0 Å². The quantitative estimate of drug-likeness (QED) is 0.631. The molecule has 1 heterocycles. The van der Waals surface area contributed by atoms with Gasteiger partial charge in [-0.15, -0.1) is 12.3 Å². The van der Waals surface area contributed by atoms with Gasteiger partial charge >= 0.3 is 0 Å². The molecule has 1 atom stereocenters. The molecule has 4 nitrogen and oxygen atoms in total. The number of likely N-dealkylation sites (tertiary alicyclic amines) is 1. The molecule has 1 aromatic carbocycles. The Morgan fingerprint density at radius 1 is 1.61 bits per heavy atom. The Hall–Kier alpha value is -2.15. The van der Waals surface area contributed by atoms with Crippen molar-refractivity contribution < 1.29 is 9.53 Å². The maximum atomic E-state index is 12.2. The summed E-state index contributed by atoms with van der Waals surface area (Å²) >= 11 is 0. The lowest BCUT2D eigenvalue weighted by Crippen LogP contribution is -2.28. The van der Waals surface area contributed by atoms with Crippen LogP contribution in [0.2, 0.25) is 0 Å². The van der Waals surface area contributed by atoms with E-state index < -0.39 is 0 Å².